The van der Waals surface area contributed by atoms with Crippen LogP contribution in [0.4, 0.5) is 5.69 Å². The molecule has 0 aliphatic heterocycles. The Labute approximate surface area is 191 Å². The van der Waals surface area contributed by atoms with Crippen LogP contribution in [0.15, 0.2) is 60.7 Å². The topological polar surface area (TPSA) is 85.4 Å². The van der Waals surface area contributed by atoms with E-state index in [1.54, 1.807) is 18.2 Å². The van der Waals surface area contributed by atoms with Gasteiger partial charge >= 0.3 is 0 Å². The first-order valence-corrected chi connectivity index (χ1v) is 10.3. The number of aryl methyl sites for hydroxylation is 1. The van der Waals surface area contributed by atoms with Crippen LogP contribution < -0.4 is 9.47 Å². The Kier molecular flexibility index (Phi) is 7.48. The predicted molar refractivity (Wildman–Crippen MR) is 125 cm³/mol. The third kappa shape index (κ3) is 5.65. The number of allylic oxidation sites excluding steroid dienone is 1. The summed E-state index contributed by atoms with van der Waals surface area (Å²) in [4.78, 5) is 10.4. The fourth-order valence-corrected chi connectivity index (χ4v) is 3.41. The van der Waals surface area contributed by atoms with E-state index >= 15 is 0 Å². The smallest absolute Gasteiger partial charge is 0.269 e. The first-order valence-electron chi connectivity index (χ1n) is 9.92. The number of non-ortho nitro benzene ring substituents is 1. The summed E-state index contributed by atoms with van der Waals surface area (Å²) in [5, 5.41) is 20.8. The third-order valence-electron chi connectivity index (χ3n) is 4.62. The molecule has 6 nitrogen and oxygen atoms in total. The van der Waals surface area contributed by atoms with Crippen molar-refractivity contribution in [2.24, 2.45) is 0 Å². The van der Waals surface area contributed by atoms with E-state index in [0.717, 1.165) is 11.1 Å². The highest BCUT2D eigenvalue weighted by Gasteiger charge is 2.14. The molecule has 0 amide bonds. The van der Waals surface area contributed by atoms with Crippen LogP contribution in [0.2, 0.25) is 5.02 Å². The predicted octanol–water partition coefficient (Wildman–Crippen LogP) is 6.60. The SMILES string of the molecule is CCOc1cc(/C=C(/C#N)c2ccc([N+](=O)[O-])cc2)cc(Cl)c1OCc1cccc(C)c1. The van der Waals surface area contributed by atoms with Crippen LogP contribution in [0.5, 0.6) is 11.5 Å². The van der Waals surface area contributed by atoms with Gasteiger partial charge in [-0.15, -0.1) is 0 Å². The molecular formula is C25H21ClN2O4. The van der Waals surface area contributed by atoms with Gasteiger partial charge in [0, 0.05) is 12.1 Å². The van der Waals surface area contributed by atoms with Gasteiger partial charge in [-0.25, -0.2) is 0 Å². The standard InChI is InChI=1S/C25H21ClN2O4/c1-3-31-24-14-19(12-21(15-27)20-7-9-22(10-8-20)28(29)30)13-23(26)25(24)32-16-18-6-4-5-17(2)11-18/h4-14H,3,16H2,1-2H3/b21-12-. The van der Waals surface area contributed by atoms with E-state index in [0.29, 0.717) is 46.4 Å². The van der Waals surface area contributed by atoms with Crippen LogP contribution in [0, 0.1) is 28.4 Å². The highest BCUT2D eigenvalue weighted by molar-refractivity contribution is 6.32. The normalized spacial score (nSPS) is 11.0. The van der Waals surface area contributed by atoms with Gasteiger partial charge < -0.3 is 9.47 Å². The number of rotatable bonds is 8. The largest absolute Gasteiger partial charge is 0.490 e. The number of nitriles is 1. The van der Waals surface area contributed by atoms with Crippen molar-refractivity contribution in [1.82, 2.24) is 0 Å². The molecule has 0 fully saturated rings. The molecule has 0 aliphatic carbocycles. The maximum absolute atomic E-state index is 10.9. The van der Waals surface area contributed by atoms with Crippen molar-refractivity contribution in [3.8, 4) is 17.6 Å². The molecule has 0 aromatic heterocycles. The molecule has 0 spiro atoms. The van der Waals surface area contributed by atoms with Crippen LogP contribution in [0.3, 0.4) is 0 Å². The minimum Gasteiger partial charge on any atom is -0.490 e. The van der Waals surface area contributed by atoms with Gasteiger partial charge in [-0.2, -0.15) is 5.26 Å². The summed E-state index contributed by atoms with van der Waals surface area (Å²) in [7, 11) is 0. The number of nitro benzene ring substituents is 1. The van der Waals surface area contributed by atoms with Crippen LogP contribution in [-0.2, 0) is 6.61 Å². The fourth-order valence-electron chi connectivity index (χ4n) is 3.14. The van der Waals surface area contributed by atoms with E-state index in [9.17, 15) is 15.4 Å². The average Bonchev–Trinajstić information content (AvgIpc) is 2.77. The summed E-state index contributed by atoms with van der Waals surface area (Å²) >= 11 is 6.50. The number of hydrogen-bond acceptors (Lipinski definition) is 5. The Hall–Kier alpha value is -3.82. The molecule has 3 rings (SSSR count). The number of benzene rings is 3. The van der Waals surface area contributed by atoms with Gasteiger partial charge in [0.1, 0.15) is 6.61 Å². The fraction of sp³-hybridized carbons (Fsp3) is 0.160. The van der Waals surface area contributed by atoms with Crippen LogP contribution >= 0.6 is 11.6 Å². The minimum absolute atomic E-state index is 0.0390. The molecule has 0 radical (unpaired) electrons. The van der Waals surface area contributed by atoms with Crippen molar-refractivity contribution in [3.05, 3.63) is 98.1 Å². The van der Waals surface area contributed by atoms with E-state index < -0.39 is 4.92 Å². The molecule has 0 bridgehead atoms. The molecule has 0 saturated carbocycles. The summed E-state index contributed by atoms with van der Waals surface area (Å²) in [6.45, 7) is 4.62. The lowest BCUT2D eigenvalue weighted by atomic mass is 10.0. The van der Waals surface area contributed by atoms with Gasteiger partial charge in [-0.1, -0.05) is 41.4 Å². The summed E-state index contributed by atoms with van der Waals surface area (Å²) in [5.74, 6) is 0.904. The van der Waals surface area contributed by atoms with Crippen molar-refractivity contribution in [3.63, 3.8) is 0 Å². The molecule has 0 atom stereocenters. The Morgan fingerprint density at radius 2 is 1.91 bits per heavy atom. The maximum Gasteiger partial charge on any atom is 0.269 e. The molecule has 0 aliphatic rings. The van der Waals surface area contributed by atoms with Gasteiger partial charge in [-0.05, 0) is 60.9 Å². The number of halogens is 1. The molecule has 162 valence electrons. The van der Waals surface area contributed by atoms with Gasteiger partial charge in [0.05, 0.1) is 28.2 Å². The van der Waals surface area contributed by atoms with Crippen LogP contribution in [0.25, 0.3) is 11.6 Å². The lowest BCUT2D eigenvalue weighted by Gasteiger charge is -2.15. The zero-order valence-electron chi connectivity index (χ0n) is 17.7. The van der Waals surface area contributed by atoms with E-state index in [-0.39, 0.29) is 5.69 Å². The zero-order valence-corrected chi connectivity index (χ0v) is 18.4. The number of ether oxygens (including phenoxy) is 2. The number of nitro groups is 1. The molecule has 3 aromatic rings. The molecule has 3 aromatic carbocycles. The Morgan fingerprint density at radius 3 is 2.53 bits per heavy atom. The minimum atomic E-state index is -0.483. The quantitative estimate of drug-likeness (QED) is 0.168. The first-order chi connectivity index (χ1) is 15.4. The molecule has 0 heterocycles. The number of nitrogens with zero attached hydrogens (tertiary/aromatic N) is 2. The third-order valence-corrected chi connectivity index (χ3v) is 4.90. The maximum atomic E-state index is 10.9. The Morgan fingerprint density at radius 1 is 1.16 bits per heavy atom. The molecule has 32 heavy (non-hydrogen) atoms. The lowest BCUT2D eigenvalue weighted by Crippen LogP contribution is -2.01. The monoisotopic (exact) mass is 448 g/mol. The van der Waals surface area contributed by atoms with E-state index in [1.807, 2.05) is 38.1 Å². The molecule has 0 saturated heterocycles. The summed E-state index contributed by atoms with van der Waals surface area (Å²) < 4.78 is 11.7. The molecule has 0 unspecified atom stereocenters. The number of hydrogen-bond donors (Lipinski definition) is 0. The van der Waals surface area contributed by atoms with Gasteiger partial charge in [-0.3, -0.25) is 10.1 Å². The van der Waals surface area contributed by atoms with Crippen molar-refractivity contribution in [1.29, 1.82) is 5.26 Å². The highest BCUT2D eigenvalue weighted by atomic mass is 35.5. The van der Waals surface area contributed by atoms with Crippen LogP contribution in [0.1, 0.15) is 29.2 Å². The Bertz CT molecular complexity index is 1200. The van der Waals surface area contributed by atoms with E-state index in [1.165, 1.54) is 24.3 Å². The highest BCUT2D eigenvalue weighted by Crippen LogP contribution is 2.38. The second kappa shape index (κ2) is 10.5. The van der Waals surface area contributed by atoms with Gasteiger partial charge in [0.15, 0.2) is 11.5 Å². The molecule has 7 heteroatoms. The first kappa shape index (κ1) is 22.9. The van der Waals surface area contributed by atoms with Crippen molar-refractivity contribution < 1.29 is 14.4 Å². The molecule has 0 N–H and O–H groups in total. The summed E-state index contributed by atoms with van der Waals surface area (Å²) in [5.41, 5.74) is 3.66. The van der Waals surface area contributed by atoms with Gasteiger partial charge in [0.2, 0.25) is 0 Å². The summed E-state index contributed by atoms with van der Waals surface area (Å²) in [6, 6.07) is 19.4. The Balaban J connectivity index is 1.91. The lowest BCUT2D eigenvalue weighted by molar-refractivity contribution is -0.384. The zero-order chi connectivity index (χ0) is 23.1. The van der Waals surface area contributed by atoms with E-state index in [2.05, 4.69) is 6.07 Å². The molecular weight excluding hydrogens is 428 g/mol. The van der Waals surface area contributed by atoms with Crippen molar-refractivity contribution >= 4 is 28.9 Å². The van der Waals surface area contributed by atoms with E-state index in [4.69, 9.17) is 21.1 Å². The van der Waals surface area contributed by atoms with Crippen molar-refractivity contribution in [2.45, 2.75) is 20.5 Å². The second-order valence-corrected chi connectivity index (χ2v) is 7.42. The second-order valence-electron chi connectivity index (χ2n) is 7.01. The summed E-state index contributed by atoms with van der Waals surface area (Å²) in [6.07, 6.45) is 1.65. The van der Waals surface area contributed by atoms with Crippen LogP contribution in [-0.4, -0.2) is 11.5 Å². The average molecular weight is 449 g/mol. The van der Waals surface area contributed by atoms with Crippen molar-refractivity contribution in [2.75, 3.05) is 6.61 Å². The van der Waals surface area contributed by atoms with Gasteiger partial charge in [0.25, 0.3) is 5.69 Å².